The molecule has 0 atom stereocenters. The minimum absolute atomic E-state index is 0.133. The van der Waals surface area contributed by atoms with Gasteiger partial charge in [-0.25, -0.2) is 4.39 Å². The minimum Gasteiger partial charge on any atom is -0.364 e. The lowest BCUT2D eigenvalue weighted by atomic mass is 9.89. The van der Waals surface area contributed by atoms with E-state index in [1.54, 1.807) is 6.07 Å². The van der Waals surface area contributed by atoms with E-state index >= 15 is 0 Å². The van der Waals surface area contributed by atoms with Crippen LogP contribution in [0.25, 0.3) is 0 Å². The lowest BCUT2D eigenvalue weighted by molar-refractivity contribution is 0.602. The topological polar surface area (TPSA) is 31.6 Å². The molecule has 0 fully saturated rings. The molecule has 3 heteroatoms. The lowest BCUT2D eigenvalue weighted by Gasteiger charge is -2.18. The van der Waals surface area contributed by atoms with Gasteiger partial charge < -0.3 is 9.97 Å². The van der Waals surface area contributed by atoms with Gasteiger partial charge in [0.1, 0.15) is 5.82 Å². The average Bonchev–Trinajstić information content (AvgIpc) is 3.07. The maximum Gasteiger partial charge on any atom is 0.127 e. The largest absolute Gasteiger partial charge is 0.364 e. The number of halogens is 1. The number of H-pyrrole nitrogens is 2. The molecular formula is C16H15FN2. The monoisotopic (exact) mass is 254 g/mol. The number of rotatable bonds is 3. The molecule has 0 saturated carbocycles. The zero-order valence-corrected chi connectivity index (χ0v) is 10.7. The summed E-state index contributed by atoms with van der Waals surface area (Å²) in [7, 11) is 0. The second kappa shape index (κ2) is 4.76. The molecule has 0 aliphatic rings. The van der Waals surface area contributed by atoms with Crippen LogP contribution in [-0.4, -0.2) is 9.97 Å². The van der Waals surface area contributed by atoms with Crippen LogP contribution in [-0.2, 0) is 0 Å². The maximum absolute atomic E-state index is 14.3. The predicted molar refractivity (Wildman–Crippen MR) is 73.7 cm³/mol. The van der Waals surface area contributed by atoms with Crippen LogP contribution < -0.4 is 0 Å². The van der Waals surface area contributed by atoms with Crippen LogP contribution in [0.1, 0.15) is 28.4 Å². The lowest BCUT2D eigenvalue weighted by Crippen LogP contribution is -2.08. The Hall–Kier alpha value is -2.29. The molecule has 0 aliphatic heterocycles. The molecule has 2 heterocycles. The van der Waals surface area contributed by atoms with Gasteiger partial charge in [-0.1, -0.05) is 12.1 Å². The number of hydrogen-bond donors (Lipinski definition) is 2. The molecule has 3 rings (SSSR count). The fourth-order valence-electron chi connectivity index (χ4n) is 2.54. The Morgan fingerprint density at radius 2 is 1.53 bits per heavy atom. The Morgan fingerprint density at radius 1 is 0.895 bits per heavy atom. The van der Waals surface area contributed by atoms with Gasteiger partial charge in [-0.05, 0) is 42.8 Å². The molecule has 3 aromatic rings. The summed E-state index contributed by atoms with van der Waals surface area (Å²) in [5.41, 5.74) is 3.63. The van der Waals surface area contributed by atoms with Gasteiger partial charge in [0.15, 0.2) is 0 Å². The van der Waals surface area contributed by atoms with Crippen molar-refractivity contribution in [3.8, 4) is 0 Å². The Bertz CT molecular complexity index is 600. The summed E-state index contributed by atoms with van der Waals surface area (Å²) in [6.07, 6.45) is 3.73. The second-order valence-corrected chi connectivity index (χ2v) is 4.65. The molecule has 0 saturated heterocycles. The van der Waals surface area contributed by atoms with Crippen LogP contribution in [0.5, 0.6) is 0 Å². The summed E-state index contributed by atoms with van der Waals surface area (Å²) in [5.74, 6) is -0.305. The highest BCUT2D eigenvalue weighted by Crippen LogP contribution is 2.33. The molecule has 1 aromatic carbocycles. The van der Waals surface area contributed by atoms with Gasteiger partial charge in [0.2, 0.25) is 0 Å². The number of benzene rings is 1. The number of aromatic nitrogens is 2. The molecule has 2 N–H and O–H groups in total. The number of hydrogen-bond acceptors (Lipinski definition) is 0. The van der Waals surface area contributed by atoms with Gasteiger partial charge in [-0.2, -0.15) is 0 Å². The Balaban J connectivity index is 2.21. The third-order valence-corrected chi connectivity index (χ3v) is 3.43. The van der Waals surface area contributed by atoms with Crippen molar-refractivity contribution in [1.29, 1.82) is 0 Å². The summed E-state index contributed by atoms with van der Waals surface area (Å²) < 4.78 is 14.3. The number of nitrogens with one attached hydrogen (secondary N) is 2. The summed E-state index contributed by atoms with van der Waals surface area (Å²) in [4.78, 5) is 6.38. The van der Waals surface area contributed by atoms with Crippen molar-refractivity contribution in [3.63, 3.8) is 0 Å². The van der Waals surface area contributed by atoms with Crippen molar-refractivity contribution in [2.45, 2.75) is 12.8 Å². The molecule has 0 unspecified atom stereocenters. The van der Waals surface area contributed by atoms with Crippen molar-refractivity contribution < 1.29 is 4.39 Å². The molecule has 19 heavy (non-hydrogen) atoms. The van der Waals surface area contributed by atoms with E-state index in [2.05, 4.69) is 9.97 Å². The third-order valence-electron chi connectivity index (χ3n) is 3.43. The Labute approximate surface area is 111 Å². The van der Waals surface area contributed by atoms with Crippen molar-refractivity contribution in [1.82, 2.24) is 9.97 Å². The molecular weight excluding hydrogens is 239 g/mol. The predicted octanol–water partition coefficient (Wildman–Crippen LogP) is 3.97. The average molecular weight is 254 g/mol. The van der Waals surface area contributed by atoms with Gasteiger partial charge in [0, 0.05) is 29.3 Å². The van der Waals surface area contributed by atoms with Gasteiger partial charge in [0.05, 0.1) is 5.92 Å². The summed E-state index contributed by atoms with van der Waals surface area (Å²) in [6.45, 7) is 1.94. The van der Waals surface area contributed by atoms with Crippen molar-refractivity contribution in [3.05, 3.63) is 83.2 Å². The highest BCUT2D eigenvalue weighted by atomic mass is 19.1. The number of aryl methyl sites for hydroxylation is 1. The quantitative estimate of drug-likeness (QED) is 0.708. The summed E-state index contributed by atoms with van der Waals surface area (Å²) in [5, 5.41) is 0. The van der Waals surface area contributed by atoms with Crippen LogP contribution in [0.2, 0.25) is 0 Å². The van der Waals surface area contributed by atoms with E-state index in [1.807, 2.05) is 49.6 Å². The molecule has 0 amide bonds. The molecule has 2 aromatic heterocycles. The zero-order valence-electron chi connectivity index (χ0n) is 10.7. The first-order valence-electron chi connectivity index (χ1n) is 6.29. The van der Waals surface area contributed by atoms with Gasteiger partial charge in [-0.3, -0.25) is 0 Å². The van der Waals surface area contributed by atoms with Gasteiger partial charge in [0.25, 0.3) is 0 Å². The van der Waals surface area contributed by atoms with Crippen molar-refractivity contribution in [2.24, 2.45) is 0 Å². The summed E-state index contributed by atoms with van der Waals surface area (Å²) in [6, 6.07) is 13.0. The molecule has 0 spiro atoms. The van der Waals surface area contributed by atoms with Crippen LogP contribution in [0.3, 0.4) is 0 Å². The van der Waals surface area contributed by atoms with E-state index in [-0.39, 0.29) is 11.7 Å². The van der Waals surface area contributed by atoms with Crippen molar-refractivity contribution in [2.75, 3.05) is 0 Å². The standard InChI is InChI=1S/C16H15FN2/c1-11-5-2-6-12(17)15(11)16(13-7-3-9-18-13)14-8-4-10-19-14/h2-10,16,18-19H,1H3. The first-order valence-corrected chi connectivity index (χ1v) is 6.29. The zero-order chi connectivity index (χ0) is 13.2. The highest BCUT2D eigenvalue weighted by molar-refractivity contribution is 5.42. The van der Waals surface area contributed by atoms with Crippen LogP contribution in [0, 0.1) is 12.7 Å². The molecule has 0 radical (unpaired) electrons. The molecule has 0 aliphatic carbocycles. The minimum atomic E-state index is -0.172. The SMILES string of the molecule is Cc1cccc(F)c1C(c1ccc[nH]1)c1ccc[nH]1. The van der Waals surface area contributed by atoms with E-state index in [0.29, 0.717) is 5.56 Å². The fourth-order valence-corrected chi connectivity index (χ4v) is 2.54. The second-order valence-electron chi connectivity index (χ2n) is 4.65. The smallest absolute Gasteiger partial charge is 0.127 e. The maximum atomic E-state index is 14.3. The van der Waals surface area contributed by atoms with E-state index < -0.39 is 0 Å². The Morgan fingerprint density at radius 3 is 2.00 bits per heavy atom. The fraction of sp³-hybridized carbons (Fsp3) is 0.125. The highest BCUT2D eigenvalue weighted by Gasteiger charge is 2.23. The van der Waals surface area contributed by atoms with Crippen LogP contribution in [0.4, 0.5) is 4.39 Å². The Kier molecular flexibility index (Phi) is 2.95. The van der Waals surface area contributed by atoms with Crippen LogP contribution in [0.15, 0.2) is 54.9 Å². The van der Waals surface area contributed by atoms with E-state index in [9.17, 15) is 4.39 Å². The molecule has 96 valence electrons. The van der Waals surface area contributed by atoms with E-state index in [4.69, 9.17) is 0 Å². The van der Waals surface area contributed by atoms with Gasteiger partial charge in [-0.15, -0.1) is 0 Å². The van der Waals surface area contributed by atoms with Crippen LogP contribution >= 0.6 is 0 Å². The van der Waals surface area contributed by atoms with Crippen molar-refractivity contribution >= 4 is 0 Å². The summed E-state index contributed by atoms with van der Waals surface area (Å²) >= 11 is 0. The first kappa shape index (κ1) is 11.8. The first-order chi connectivity index (χ1) is 9.27. The normalized spacial score (nSPS) is 11.1. The molecule has 2 nitrogen and oxygen atoms in total. The van der Waals surface area contributed by atoms with E-state index in [0.717, 1.165) is 17.0 Å². The third kappa shape index (κ3) is 2.08. The van der Waals surface area contributed by atoms with E-state index in [1.165, 1.54) is 6.07 Å². The number of aromatic amines is 2. The molecule has 0 bridgehead atoms. The van der Waals surface area contributed by atoms with Gasteiger partial charge >= 0.3 is 0 Å².